The smallest absolute Gasteiger partial charge is 0.126 e. The molecule has 0 saturated heterocycles. The molecule has 0 aliphatic carbocycles. The van der Waals surface area contributed by atoms with E-state index in [1.807, 2.05) is 30.3 Å². The summed E-state index contributed by atoms with van der Waals surface area (Å²) in [4.78, 5) is 4.26. The normalized spacial score (nSPS) is 10.7. The Morgan fingerprint density at radius 1 is 0.929 bits per heavy atom. The van der Waals surface area contributed by atoms with Crippen molar-refractivity contribution >= 4 is 5.82 Å². The van der Waals surface area contributed by atoms with Crippen LogP contribution in [0, 0.1) is 6.92 Å². The largest absolute Gasteiger partial charge is 0.490 e. The molecule has 0 aliphatic heterocycles. The Morgan fingerprint density at radius 3 is 2.43 bits per heavy atom. The van der Waals surface area contributed by atoms with E-state index in [-0.39, 0.29) is 0 Å². The maximum absolute atomic E-state index is 5.97. The predicted octanol–water partition coefficient (Wildman–Crippen LogP) is 5.58. The van der Waals surface area contributed by atoms with Crippen LogP contribution in [0.5, 0.6) is 11.5 Å². The van der Waals surface area contributed by atoms with Gasteiger partial charge in [-0.3, -0.25) is 0 Å². The van der Waals surface area contributed by atoms with Gasteiger partial charge in [-0.25, -0.2) is 4.98 Å². The minimum Gasteiger partial charge on any atom is -0.490 e. The quantitative estimate of drug-likeness (QED) is 0.495. The standard InChI is InChI=1S/C24H28N2O2/c1-18(2)22-12-7-19(3)16-23(22)28-15-14-27-21-10-8-20(9-11-21)17-26-24-6-4-5-13-25-24/h4-13,16,18H,14-15,17H2,1-3H3,(H,25,26). The van der Waals surface area contributed by atoms with E-state index in [9.17, 15) is 0 Å². The molecule has 0 aliphatic rings. The summed E-state index contributed by atoms with van der Waals surface area (Å²) in [5.74, 6) is 3.11. The van der Waals surface area contributed by atoms with Crippen LogP contribution in [0.2, 0.25) is 0 Å². The zero-order chi connectivity index (χ0) is 19.8. The number of nitrogens with zero attached hydrogens (tertiary/aromatic N) is 1. The Labute approximate surface area is 167 Å². The van der Waals surface area contributed by atoms with Gasteiger partial charge in [0.15, 0.2) is 0 Å². The first-order valence-corrected chi connectivity index (χ1v) is 9.72. The molecule has 0 radical (unpaired) electrons. The second kappa shape index (κ2) is 9.79. The van der Waals surface area contributed by atoms with Crippen molar-refractivity contribution in [3.63, 3.8) is 0 Å². The summed E-state index contributed by atoms with van der Waals surface area (Å²) in [5.41, 5.74) is 3.61. The third-order valence-corrected chi connectivity index (χ3v) is 4.46. The predicted molar refractivity (Wildman–Crippen MR) is 114 cm³/mol. The number of anilines is 1. The van der Waals surface area contributed by atoms with Gasteiger partial charge < -0.3 is 14.8 Å². The molecule has 1 aromatic heterocycles. The van der Waals surface area contributed by atoms with Crippen LogP contribution in [-0.2, 0) is 6.54 Å². The van der Waals surface area contributed by atoms with Crippen LogP contribution in [0.4, 0.5) is 5.82 Å². The number of rotatable bonds is 9. The Bertz CT molecular complexity index is 862. The molecule has 0 atom stereocenters. The van der Waals surface area contributed by atoms with Crippen molar-refractivity contribution in [2.24, 2.45) is 0 Å². The first-order chi connectivity index (χ1) is 13.6. The lowest BCUT2D eigenvalue weighted by atomic mass is 10.0. The van der Waals surface area contributed by atoms with Crippen LogP contribution in [0.1, 0.15) is 36.5 Å². The number of hydrogen-bond acceptors (Lipinski definition) is 4. The second-order valence-corrected chi connectivity index (χ2v) is 7.11. The summed E-state index contributed by atoms with van der Waals surface area (Å²) in [6.07, 6.45) is 1.78. The Morgan fingerprint density at radius 2 is 1.71 bits per heavy atom. The lowest BCUT2D eigenvalue weighted by Crippen LogP contribution is -2.10. The molecule has 2 aromatic carbocycles. The van der Waals surface area contributed by atoms with Gasteiger partial charge in [-0.15, -0.1) is 0 Å². The first kappa shape index (κ1) is 19.7. The molecule has 0 bridgehead atoms. The number of aryl methyl sites for hydroxylation is 1. The Balaban J connectivity index is 1.45. The molecule has 146 valence electrons. The maximum Gasteiger partial charge on any atom is 0.126 e. The van der Waals surface area contributed by atoms with Crippen molar-refractivity contribution < 1.29 is 9.47 Å². The summed E-state index contributed by atoms with van der Waals surface area (Å²) in [5, 5.41) is 3.30. The van der Waals surface area contributed by atoms with Crippen molar-refractivity contribution in [1.29, 1.82) is 0 Å². The average Bonchev–Trinajstić information content (AvgIpc) is 2.71. The third kappa shape index (κ3) is 5.74. The molecule has 3 aromatic rings. The van der Waals surface area contributed by atoms with Crippen LogP contribution in [0.25, 0.3) is 0 Å². The number of benzene rings is 2. The average molecular weight is 376 g/mol. The Hall–Kier alpha value is -3.01. The van der Waals surface area contributed by atoms with Gasteiger partial charge in [-0.1, -0.05) is 44.2 Å². The van der Waals surface area contributed by atoms with Crippen LogP contribution in [-0.4, -0.2) is 18.2 Å². The summed E-state index contributed by atoms with van der Waals surface area (Å²) >= 11 is 0. The lowest BCUT2D eigenvalue weighted by molar-refractivity contribution is 0.215. The molecular formula is C24H28N2O2. The van der Waals surface area contributed by atoms with Crippen molar-refractivity contribution in [2.75, 3.05) is 18.5 Å². The van der Waals surface area contributed by atoms with E-state index in [2.05, 4.69) is 61.4 Å². The lowest BCUT2D eigenvalue weighted by Gasteiger charge is -2.15. The molecule has 4 heteroatoms. The third-order valence-electron chi connectivity index (χ3n) is 4.46. The van der Waals surface area contributed by atoms with Gasteiger partial charge >= 0.3 is 0 Å². The fraction of sp³-hybridized carbons (Fsp3) is 0.292. The highest BCUT2D eigenvalue weighted by Crippen LogP contribution is 2.27. The molecule has 0 amide bonds. The van der Waals surface area contributed by atoms with Crippen LogP contribution in [0.3, 0.4) is 0 Å². The highest BCUT2D eigenvalue weighted by Gasteiger charge is 2.08. The number of aromatic nitrogens is 1. The van der Waals surface area contributed by atoms with Gasteiger partial charge in [0.25, 0.3) is 0 Å². The number of hydrogen-bond donors (Lipinski definition) is 1. The highest BCUT2D eigenvalue weighted by atomic mass is 16.5. The number of pyridine rings is 1. The van der Waals surface area contributed by atoms with Crippen LogP contribution >= 0.6 is 0 Å². The molecule has 0 spiro atoms. The van der Waals surface area contributed by atoms with E-state index in [4.69, 9.17) is 9.47 Å². The molecule has 0 fully saturated rings. The van der Waals surface area contributed by atoms with E-state index in [1.54, 1.807) is 6.20 Å². The van der Waals surface area contributed by atoms with E-state index >= 15 is 0 Å². The zero-order valence-electron chi connectivity index (χ0n) is 16.8. The maximum atomic E-state index is 5.97. The van der Waals surface area contributed by atoms with E-state index < -0.39 is 0 Å². The first-order valence-electron chi connectivity index (χ1n) is 9.72. The fourth-order valence-corrected chi connectivity index (χ4v) is 2.92. The highest BCUT2D eigenvalue weighted by molar-refractivity contribution is 5.39. The van der Waals surface area contributed by atoms with Crippen LogP contribution in [0.15, 0.2) is 66.9 Å². The van der Waals surface area contributed by atoms with Crippen molar-refractivity contribution in [3.05, 3.63) is 83.6 Å². The molecule has 28 heavy (non-hydrogen) atoms. The molecule has 0 unspecified atom stereocenters. The molecule has 1 N–H and O–H groups in total. The number of nitrogens with one attached hydrogen (secondary N) is 1. The van der Waals surface area contributed by atoms with Gasteiger partial charge in [0, 0.05) is 12.7 Å². The van der Waals surface area contributed by atoms with Gasteiger partial charge in [0.05, 0.1) is 0 Å². The summed E-state index contributed by atoms with van der Waals surface area (Å²) < 4.78 is 11.8. The minimum atomic E-state index is 0.434. The van der Waals surface area contributed by atoms with Gasteiger partial charge in [0.1, 0.15) is 30.5 Å². The molecular weight excluding hydrogens is 348 g/mol. The summed E-state index contributed by atoms with van der Waals surface area (Å²) in [7, 11) is 0. The second-order valence-electron chi connectivity index (χ2n) is 7.11. The monoisotopic (exact) mass is 376 g/mol. The Kier molecular flexibility index (Phi) is 6.90. The van der Waals surface area contributed by atoms with Crippen LogP contribution < -0.4 is 14.8 Å². The molecule has 0 saturated carbocycles. The summed E-state index contributed by atoms with van der Waals surface area (Å²) in [6.45, 7) is 8.20. The van der Waals surface area contributed by atoms with Crippen molar-refractivity contribution in [2.45, 2.75) is 33.2 Å². The van der Waals surface area contributed by atoms with Crippen molar-refractivity contribution in [1.82, 2.24) is 4.98 Å². The van der Waals surface area contributed by atoms with E-state index in [0.29, 0.717) is 19.1 Å². The number of ether oxygens (including phenoxy) is 2. The summed E-state index contributed by atoms with van der Waals surface area (Å²) in [6, 6.07) is 20.3. The van der Waals surface area contributed by atoms with Gasteiger partial charge in [0.2, 0.25) is 0 Å². The topological polar surface area (TPSA) is 43.4 Å². The SMILES string of the molecule is Cc1ccc(C(C)C)c(OCCOc2ccc(CNc3ccccn3)cc2)c1. The van der Waals surface area contributed by atoms with Crippen molar-refractivity contribution in [3.8, 4) is 11.5 Å². The fourth-order valence-electron chi connectivity index (χ4n) is 2.92. The zero-order valence-corrected chi connectivity index (χ0v) is 16.8. The van der Waals surface area contributed by atoms with Gasteiger partial charge in [-0.05, 0) is 59.9 Å². The van der Waals surface area contributed by atoms with Gasteiger partial charge in [-0.2, -0.15) is 0 Å². The molecule has 4 nitrogen and oxygen atoms in total. The van der Waals surface area contributed by atoms with E-state index in [1.165, 1.54) is 16.7 Å². The molecule has 3 rings (SSSR count). The minimum absolute atomic E-state index is 0.434. The van der Waals surface area contributed by atoms with E-state index in [0.717, 1.165) is 23.9 Å². The molecule has 1 heterocycles.